The molecule has 0 bridgehead atoms. The molecule has 6 nitrogen and oxygen atoms in total. The first-order chi connectivity index (χ1) is 14.4. The van der Waals surface area contributed by atoms with E-state index in [0.717, 1.165) is 29.5 Å². The molecule has 2 aliphatic rings. The van der Waals surface area contributed by atoms with E-state index in [9.17, 15) is 9.59 Å². The van der Waals surface area contributed by atoms with Gasteiger partial charge in [0.05, 0.1) is 17.6 Å². The van der Waals surface area contributed by atoms with Crippen molar-refractivity contribution in [1.82, 2.24) is 4.90 Å². The molecule has 4 rings (SSSR count). The van der Waals surface area contributed by atoms with E-state index in [1.807, 2.05) is 31.2 Å². The van der Waals surface area contributed by atoms with Crippen LogP contribution in [0.5, 0.6) is 17.2 Å². The second-order valence-electron chi connectivity index (χ2n) is 6.97. The predicted octanol–water partition coefficient (Wildman–Crippen LogP) is 5.48. The average molecular weight is 446 g/mol. The van der Waals surface area contributed by atoms with E-state index >= 15 is 0 Å². The Balaban J connectivity index is 1.49. The minimum atomic E-state index is -0.348. The summed E-state index contributed by atoms with van der Waals surface area (Å²) in [6, 6.07) is 10.8. The molecular formula is C22H20ClNO5S. The quantitative estimate of drug-likeness (QED) is 0.548. The second-order valence-corrected chi connectivity index (χ2v) is 8.37. The van der Waals surface area contributed by atoms with Gasteiger partial charge in [-0.25, -0.2) is 0 Å². The third-order valence-electron chi connectivity index (χ3n) is 4.83. The molecule has 1 fully saturated rings. The van der Waals surface area contributed by atoms with E-state index in [2.05, 4.69) is 6.92 Å². The van der Waals surface area contributed by atoms with Crippen LogP contribution in [0, 0.1) is 0 Å². The van der Waals surface area contributed by atoms with Crippen molar-refractivity contribution < 1.29 is 23.8 Å². The summed E-state index contributed by atoms with van der Waals surface area (Å²) >= 11 is 7.20. The van der Waals surface area contributed by atoms with Gasteiger partial charge >= 0.3 is 0 Å². The molecule has 2 aromatic carbocycles. The monoisotopic (exact) mass is 445 g/mol. The third kappa shape index (κ3) is 4.27. The largest absolute Gasteiger partial charge is 0.491 e. The molecule has 2 heterocycles. The Kier molecular flexibility index (Phi) is 5.92. The van der Waals surface area contributed by atoms with Crippen molar-refractivity contribution in [3.63, 3.8) is 0 Å². The van der Waals surface area contributed by atoms with E-state index in [1.54, 1.807) is 18.2 Å². The van der Waals surface area contributed by atoms with Crippen LogP contribution >= 0.6 is 23.4 Å². The Bertz CT molecular complexity index is 1020. The van der Waals surface area contributed by atoms with E-state index in [1.165, 1.54) is 4.90 Å². The summed E-state index contributed by atoms with van der Waals surface area (Å²) in [6.45, 7) is 4.27. The number of carbonyl (C=O) groups excluding carboxylic acids is 2. The number of benzene rings is 2. The summed E-state index contributed by atoms with van der Waals surface area (Å²) in [5.41, 5.74) is 1.44. The normalized spacial score (nSPS) is 17.7. The van der Waals surface area contributed by atoms with Crippen LogP contribution < -0.4 is 14.2 Å². The number of amides is 2. The Morgan fingerprint density at radius 2 is 1.90 bits per heavy atom. The van der Waals surface area contributed by atoms with Crippen molar-refractivity contribution in [1.29, 1.82) is 0 Å². The van der Waals surface area contributed by atoms with Crippen molar-refractivity contribution in [2.45, 2.75) is 32.9 Å². The highest BCUT2D eigenvalue weighted by Crippen LogP contribution is 2.39. The van der Waals surface area contributed by atoms with Gasteiger partial charge in [-0.3, -0.25) is 14.5 Å². The van der Waals surface area contributed by atoms with Crippen LogP contribution in [0.4, 0.5) is 4.79 Å². The zero-order chi connectivity index (χ0) is 21.3. The zero-order valence-electron chi connectivity index (χ0n) is 16.5. The van der Waals surface area contributed by atoms with Gasteiger partial charge in [-0.05, 0) is 60.5 Å². The summed E-state index contributed by atoms with van der Waals surface area (Å²) in [6.07, 6.45) is 2.76. The fraction of sp³-hybridized carbons (Fsp3) is 0.273. The Hall–Kier alpha value is -2.64. The fourth-order valence-corrected chi connectivity index (χ4v) is 4.05. The van der Waals surface area contributed by atoms with Gasteiger partial charge in [-0.1, -0.05) is 30.7 Å². The topological polar surface area (TPSA) is 65.1 Å². The van der Waals surface area contributed by atoms with Crippen molar-refractivity contribution in [3.05, 3.63) is 57.5 Å². The first kappa shape index (κ1) is 20.6. The first-order valence-corrected chi connectivity index (χ1v) is 10.7. The number of hydrogen-bond donors (Lipinski definition) is 0. The molecule has 8 heteroatoms. The molecule has 30 heavy (non-hydrogen) atoms. The number of ether oxygens (including phenoxy) is 3. The second kappa shape index (κ2) is 8.62. The number of imide groups is 1. The summed E-state index contributed by atoms with van der Waals surface area (Å²) in [4.78, 5) is 26.8. The minimum absolute atomic E-state index is 0.0686. The van der Waals surface area contributed by atoms with Crippen LogP contribution in [-0.4, -0.2) is 28.9 Å². The number of carbonyl (C=O) groups is 2. The summed E-state index contributed by atoms with van der Waals surface area (Å²) in [7, 11) is 0. The van der Waals surface area contributed by atoms with Gasteiger partial charge in [0.15, 0.2) is 11.5 Å². The molecule has 2 aromatic rings. The predicted molar refractivity (Wildman–Crippen MR) is 116 cm³/mol. The van der Waals surface area contributed by atoms with Crippen molar-refractivity contribution in [3.8, 4) is 17.2 Å². The highest BCUT2D eigenvalue weighted by molar-refractivity contribution is 8.18. The van der Waals surface area contributed by atoms with Crippen molar-refractivity contribution >= 4 is 40.6 Å². The van der Waals surface area contributed by atoms with Crippen LogP contribution in [0.3, 0.4) is 0 Å². The lowest BCUT2D eigenvalue weighted by Gasteiger charge is -2.14. The summed E-state index contributed by atoms with van der Waals surface area (Å²) in [5.74, 6) is 1.53. The van der Waals surface area contributed by atoms with E-state index in [0.29, 0.717) is 27.0 Å². The molecule has 0 aromatic heterocycles. The van der Waals surface area contributed by atoms with Gasteiger partial charge < -0.3 is 14.2 Å². The number of halogens is 1. The van der Waals surface area contributed by atoms with Gasteiger partial charge in [0, 0.05) is 11.1 Å². The summed E-state index contributed by atoms with van der Waals surface area (Å²) < 4.78 is 16.4. The van der Waals surface area contributed by atoms with Crippen LogP contribution in [0.25, 0.3) is 6.08 Å². The molecular weight excluding hydrogens is 426 g/mol. The average Bonchev–Trinajstić information content (AvgIpc) is 3.28. The molecule has 2 amide bonds. The number of hydrogen-bond acceptors (Lipinski definition) is 6. The lowest BCUT2D eigenvalue weighted by Crippen LogP contribution is -2.27. The molecule has 2 aliphatic heterocycles. The molecule has 0 N–H and O–H groups in total. The zero-order valence-corrected chi connectivity index (χ0v) is 18.1. The number of rotatable bonds is 6. The maximum atomic E-state index is 12.8. The molecule has 0 saturated carbocycles. The number of fused-ring (bicyclic) bond motifs is 1. The van der Waals surface area contributed by atoms with Crippen LogP contribution in [0.1, 0.15) is 31.4 Å². The molecule has 0 unspecified atom stereocenters. The maximum absolute atomic E-state index is 12.8. The van der Waals surface area contributed by atoms with E-state index < -0.39 is 0 Å². The molecule has 0 radical (unpaired) electrons. The molecule has 1 saturated heterocycles. The Morgan fingerprint density at radius 3 is 2.60 bits per heavy atom. The van der Waals surface area contributed by atoms with Gasteiger partial charge in [-0.15, -0.1) is 0 Å². The van der Waals surface area contributed by atoms with Crippen molar-refractivity contribution in [2.24, 2.45) is 0 Å². The minimum Gasteiger partial charge on any atom is -0.491 e. The highest BCUT2D eigenvalue weighted by atomic mass is 35.5. The van der Waals surface area contributed by atoms with Crippen LogP contribution in [-0.2, 0) is 11.3 Å². The smallest absolute Gasteiger partial charge is 0.293 e. The van der Waals surface area contributed by atoms with E-state index in [4.69, 9.17) is 25.8 Å². The molecule has 156 valence electrons. The maximum Gasteiger partial charge on any atom is 0.293 e. The Morgan fingerprint density at radius 1 is 1.20 bits per heavy atom. The number of nitrogens with zero attached hydrogens (tertiary/aromatic N) is 1. The molecule has 1 atom stereocenters. The van der Waals surface area contributed by atoms with E-state index in [-0.39, 0.29) is 30.6 Å². The van der Waals surface area contributed by atoms with Gasteiger partial charge in [0.1, 0.15) is 5.75 Å². The van der Waals surface area contributed by atoms with Crippen LogP contribution in [0.15, 0.2) is 41.3 Å². The summed E-state index contributed by atoms with van der Waals surface area (Å²) in [5, 5.41) is 0.0795. The highest BCUT2D eigenvalue weighted by Gasteiger charge is 2.35. The number of thioether (sulfide) groups is 1. The van der Waals surface area contributed by atoms with Gasteiger partial charge in [0.2, 0.25) is 6.79 Å². The molecule has 0 spiro atoms. The fourth-order valence-electron chi connectivity index (χ4n) is 3.00. The lowest BCUT2D eigenvalue weighted by atomic mass is 10.1. The van der Waals surface area contributed by atoms with Crippen molar-refractivity contribution in [2.75, 3.05) is 6.79 Å². The third-order valence-corrected chi connectivity index (χ3v) is 6.09. The van der Waals surface area contributed by atoms with Gasteiger partial charge in [-0.2, -0.15) is 0 Å². The first-order valence-electron chi connectivity index (χ1n) is 9.54. The van der Waals surface area contributed by atoms with Crippen LogP contribution in [0.2, 0.25) is 5.02 Å². The lowest BCUT2D eigenvalue weighted by molar-refractivity contribution is -0.123. The standard InChI is InChI=1S/C22H20ClNO5S/c1-3-13(2)29-16-6-4-14(5-7-16)8-20-21(25)24(22(26)30-20)11-15-9-18-19(10-17(15)23)28-12-27-18/h4-10,13H,3,11-12H2,1-2H3/b20-8-/t13-/m0/s1. The van der Waals surface area contributed by atoms with Gasteiger partial charge in [0.25, 0.3) is 11.1 Å². The Labute approximate surface area is 183 Å². The SMILES string of the molecule is CC[C@H](C)Oc1ccc(/C=C2\SC(=O)N(Cc3cc4c(cc3Cl)OCO4)C2=O)cc1. The molecule has 0 aliphatic carbocycles.